The van der Waals surface area contributed by atoms with Crippen molar-refractivity contribution in [2.45, 2.75) is 44.7 Å². The number of hydrogen-bond acceptors (Lipinski definition) is 7. The van der Waals surface area contributed by atoms with Gasteiger partial charge >= 0.3 is 0 Å². The molecule has 1 aromatic rings. The number of aldehydes is 1. The van der Waals surface area contributed by atoms with Gasteiger partial charge in [-0.1, -0.05) is 0 Å². The van der Waals surface area contributed by atoms with Crippen LogP contribution >= 0.6 is 0 Å². The Kier molecular flexibility index (Phi) is 9.18. The third kappa shape index (κ3) is 6.42. The van der Waals surface area contributed by atoms with Crippen LogP contribution in [-0.2, 0) is 9.59 Å². The molecule has 9 nitrogen and oxygen atoms in total. The van der Waals surface area contributed by atoms with E-state index in [1.165, 1.54) is 0 Å². The SMILES string of the molecule is CC(CCC(=O)NC=O)N(C)C(=O)c1cc(N2CCC(N3CCN(C)CC3)CC2)ccc1C=O. The van der Waals surface area contributed by atoms with Crippen LogP contribution in [0.25, 0.3) is 0 Å². The molecule has 0 bridgehead atoms. The van der Waals surface area contributed by atoms with E-state index >= 15 is 0 Å². The third-order valence-corrected chi connectivity index (χ3v) is 7.27. The zero-order valence-electron chi connectivity index (χ0n) is 20.5. The molecule has 3 rings (SSSR count). The molecule has 2 heterocycles. The Morgan fingerprint density at radius 3 is 2.41 bits per heavy atom. The second kappa shape index (κ2) is 12.1. The number of hydrogen-bond donors (Lipinski definition) is 1. The Balaban J connectivity index is 1.64. The van der Waals surface area contributed by atoms with Gasteiger partial charge < -0.3 is 14.7 Å². The first-order chi connectivity index (χ1) is 16.3. The highest BCUT2D eigenvalue weighted by Gasteiger charge is 2.28. The van der Waals surface area contributed by atoms with Crippen molar-refractivity contribution >= 4 is 30.2 Å². The van der Waals surface area contributed by atoms with Crippen LogP contribution in [0.5, 0.6) is 0 Å². The van der Waals surface area contributed by atoms with E-state index in [1.807, 2.05) is 19.1 Å². The first-order valence-electron chi connectivity index (χ1n) is 12.1. The Bertz CT molecular complexity index is 876. The molecule has 9 heteroatoms. The summed E-state index contributed by atoms with van der Waals surface area (Å²) in [5.74, 6) is -0.627. The van der Waals surface area contributed by atoms with Crippen LogP contribution in [0.4, 0.5) is 5.69 Å². The van der Waals surface area contributed by atoms with Crippen molar-refractivity contribution in [2.24, 2.45) is 0 Å². The highest BCUT2D eigenvalue weighted by molar-refractivity contribution is 6.02. The molecule has 186 valence electrons. The summed E-state index contributed by atoms with van der Waals surface area (Å²) in [6.07, 6.45) is 3.80. The summed E-state index contributed by atoms with van der Waals surface area (Å²) in [7, 11) is 3.85. The van der Waals surface area contributed by atoms with Crippen LogP contribution in [0.15, 0.2) is 18.2 Å². The monoisotopic (exact) mass is 471 g/mol. The lowest BCUT2D eigenvalue weighted by atomic mass is 10.00. The minimum atomic E-state index is -0.377. The maximum Gasteiger partial charge on any atom is 0.254 e. The summed E-state index contributed by atoms with van der Waals surface area (Å²) in [6.45, 7) is 8.16. The molecule has 1 aromatic carbocycles. The van der Waals surface area contributed by atoms with Crippen LogP contribution in [0.3, 0.4) is 0 Å². The molecule has 2 aliphatic rings. The van der Waals surface area contributed by atoms with Gasteiger partial charge in [-0.3, -0.25) is 29.4 Å². The van der Waals surface area contributed by atoms with Gasteiger partial charge in [0.05, 0.1) is 5.56 Å². The lowest BCUT2D eigenvalue weighted by Crippen LogP contribution is -2.52. The van der Waals surface area contributed by atoms with Crippen LogP contribution in [0.1, 0.15) is 53.3 Å². The summed E-state index contributed by atoms with van der Waals surface area (Å²) < 4.78 is 0. The highest BCUT2D eigenvalue weighted by Crippen LogP contribution is 2.26. The number of carbonyl (C=O) groups excluding carboxylic acids is 4. The van der Waals surface area contributed by atoms with E-state index in [2.05, 4.69) is 27.1 Å². The van der Waals surface area contributed by atoms with E-state index in [4.69, 9.17) is 0 Å². The van der Waals surface area contributed by atoms with E-state index < -0.39 is 0 Å². The fourth-order valence-corrected chi connectivity index (χ4v) is 4.77. The van der Waals surface area contributed by atoms with Crippen molar-refractivity contribution in [3.8, 4) is 0 Å². The van der Waals surface area contributed by atoms with E-state index in [0.717, 1.165) is 57.8 Å². The lowest BCUT2D eigenvalue weighted by molar-refractivity contribution is -0.125. The van der Waals surface area contributed by atoms with Crippen molar-refractivity contribution in [3.63, 3.8) is 0 Å². The molecule has 0 radical (unpaired) electrons. The Morgan fingerprint density at radius 1 is 1.12 bits per heavy atom. The lowest BCUT2D eigenvalue weighted by Gasteiger charge is -2.42. The summed E-state index contributed by atoms with van der Waals surface area (Å²) >= 11 is 0. The first-order valence-corrected chi connectivity index (χ1v) is 12.1. The molecular weight excluding hydrogens is 434 g/mol. The summed E-state index contributed by atoms with van der Waals surface area (Å²) in [6, 6.07) is 5.84. The second-order valence-electron chi connectivity index (χ2n) is 9.44. The van der Waals surface area contributed by atoms with Gasteiger partial charge in [-0.05, 0) is 51.4 Å². The average molecular weight is 472 g/mol. The van der Waals surface area contributed by atoms with Gasteiger partial charge in [-0.25, -0.2) is 0 Å². The number of nitrogens with zero attached hydrogens (tertiary/aromatic N) is 4. The quantitative estimate of drug-likeness (QED) is 0.542. The van der Waals surface area contributed by atoms with Gasteiger partial charge in [0.15, 0.2) is 6.29 Å². The minimum Gasteiger partial charge on any atom is -0.371 e. The van der Waals surface area contributed by atoms with Crippen molar-refractivity contribution in [3.05, 3.63) is 29.3 Å². The Hall–Kier alpha value is -2.78. The maximum absolute atomic E-state index is 13.2. The molecule has 3 amide bonds. The third-order valence-electron chi connectivity index (χ3n) is 7.27. The number of piperidine rings is 1. The molecule has 1 atom stereocenters. The fraction of sp³-hybridized carbons (Fsp3) is 0.600. The van der Waals surface area contributed by atoms with Gasteiger partial charge in [0.1, 0.15) is 0 Å². The van der Waals surface area contributed by atoms with Crippen LogP contribution in [0.2, 0.25) is 0 Å². The zero-order valence-corrected chi connectivity index (χ0v) is 20.5. The van der Waals surface area contributed by atoms with Crippen LogP contribution in [-0.4, -0.2) is 105 Å². The van der Waals surface area contributed by atoms with Gasteiger partial charge in [0.25, 0.3) is 5.91 Å². The number of likely N-dealkylation sites (N-methyl/N-ethyl adjacent to an activating group) is 1. The molecule has 34 heavy (non-hydrogen) atoms. The van der Waals surface area contributed by atoms with Crippen molar-refractivity contribution in [1.29, 1.82) is 0 Å². The molecule has 1 unspecified atom stereocenters. The molecule has 0 aliphatic carbocycles. The molecule has 2 aliphatic heterocycles. The van der Waals surface area contributed by atoms with E-state index in [0.29, 0.717) is 36.3 Å². The summed E-state index contributed by atoms with van der Waals surface area (Å²) in [4.78, 5) is 55.7. The van der Waals surface area contributed by atoms with Crippen molar-refractivity contribution in [1.82, 2.24) is 20.0 Å². The molecular formula is C25H37N5O4. The Morgan fingerprint density at radius 2 is 1.79 bits per heavy atom. The summed E-state index contributed by atoms with van der Waals surface area (Å²) in [5, 5.41) is 2.11. The van der Waals surface area contributed by atoms with Crippen LogP contribution < -0.4 is 10.2 Å². The maximum atomic E-state index is 13.2. The molecule has 0 spiro atoms. The molecule has 1 N–H and O–H groups in total. The number of imide groups is 1. The fourth-order valence-electron chi connectivity index (χ4n) is 4.77. The first kappa shape index (κ1) is 25.8. The predicted molar refractivity (Wildman–Crippen MR) is 131 cm³/mol. The zero-order chi connectivity index (χ0) is 24.7. The molecule has 0 saturated carbocycles. The average Bonchev–Trinajstić information content (AvgIpc) is 2.86. The number of benzene rings is 1. The van der Waals surface area contributed by atoms with E-state index in [9.17, 15) is 19.2 Å². The standard InChI is InChI=1S/C25H37N5O4/c1-19(4-7-24(33)26-18-32)28(3)25(34)23-16-22(6-5-20(23)17-31)29-10-8-21(9-11-29)30-14-12-27(2)13-15-30/h5-6,16-19,21H,4,7-15H2,1-3H3,(H,26,32,33). The number of amides is 3. The van der Waals surface area contributed by atoms with E-state index in [-0.39, 0.29) is 24.3 Å². The number of rotatable bonds is 9. The largest absolute Gasteiger partial charge is 0.371 e. The van der Waals surface area contributed by atoms with Gasteiger partial charge in [-0.2, -0.15) is 0 Å². The molecule has 2 fully saturated rings. The van der Waals surface area contributed by atoms with Crippen molar-refractivity contribution in [2.75, 3.05) is 58.3 Å². The number of piperazine rings is 1. The predicted octanol–water partition coefficient (Wildman–Crippen LogP) is 1.23. The number of anilines is 1. The number of carbonyl (C=O) groups is 4. The molecule has 2 saturated heterocycles. The van der Waals surface area contributed by atoms with Crippen LogP contribution in [0, 0.1) is 0 Å². The van der Waals surface area contributed by atoms with E-state index in [1.54, 1.807) is 18.0 Å². The van der Waals surface area contributed by atoms with Gasteiger partial charge in [0, 0.05) is 76.1 Å². The second-order valence-corrected chi connectivity index (χ2v) is 9.44. The highest BCUT2D eigenvalue weighted by atomic mass is 16.2. The minimum absolute atomic E-state index is 0.139. The Labute approximate surface area is 202 Å². The van der Waals surface area contributed by atoms with Gasteiger partial charge in [-0.15, -0.1) is 0 Å². The number of nitrogens with one attached hydrogen (secondary N) is 1. The summed E-state index contributed by atoms with van der Waals surface area (Å²) in [5.41, 5.74) is 1.69. The molecule has 0 aromatic heterocycles. The normalized spacial score (nSPS) is 18.9. The van der Waals surface area contributed by atoms with Gasteiger partial charge in [0.2, 0.25) is 12.3 Å². The van der Waals surface area contributed by atoms with Crippen molar-refractivity contribution < 1.29 is 19.2 Å². The smallest absolute Gasteiger partial charge is 0.254 e. The topological polar surface area (TPSA) is 93.3 Å².